The first-order valence-electron chi connectivity index (χ1n) is 13.7. The predicted octanol–water partition coefficient (Wildman–Crippen LogP) is 3.71. The number of thioether (sulfide) groups is 1. The van der Waals surface area contributed by atoms with Crippen LogP contribution in [0.1, 0.15) is 72.1 Å². The lowest BCUT2D eigenvalue weighted by atomic mass is 9.74. The fourth-order valence-corrected chi connectivity index (χ4v) is 8.75. The van der Waals surface area contributed by atoms with Crippen molar-refractivity contribution in [1.82, 2.24) is 9.80 Å². The Bertz CT molecular complexity index is 906. The van der Waals surface area contributed by atoms with E-state index in [1.165, 1.54) is 0 Å². The van der Waals surface area contributed by atoms with E-state index in [0.29, 0.717) is 32.5 Å². The number of ether oxygens (including phenoxy) is 1. The van der Waals surface area contributed by atoms with Crippen molar-refractivity contribution in [3.63, 3.8) is 0 Å². The van der Waals surface area contributed by atoms with E-state index in [4.69, 9.17) is 4.74 Å². The Morgan fingerprint density at radius 3 is 2.67 bits per heavy atom. The second-order valence-electron chi connectivity index (χ2n) is 10.9. The summed E-state index contributed by atoms with van der Waals surface area (Å²) in [5.41, 5.74) is 0. The van der Waals surface area contributed by atoms with Gasteiger partial charge in [0.05, 0.1) is 23.2 Å². The van der Waals surface area contributed by atoms with Crippen LogP contribution in [0, 0.1) is 11.8 Å². The molecule has 1 N–H and O–H groups in total. The molecule has 200 valence electrons. The van der Waals surface area contributed by atoms with E-state index in [2.05, 4.69) is 32.1 Å². The van der Waals surface area contributed by atoms with Gasteiger partial charge in [-0.15, -0.1) is 11.8 Å². The van der Waals surface area contributed by atoms with E-state index in [1.54, 1.807) is 16.7 Å². The van der Waals surface area contributed by atoms with Crippen molar-refractivity contribution in [3.8, 4) is 0 Å². The third kappa shape index (κ3) is 4.75. The lowest BCUT2D eigenvalue weighted by molar-refractivity contribution is -0.154. The monoisotopic (exact) mass is 518 g/mol. The molecule has 0 aromatic rings. The van der Waals surface area contributed by atoms with Gasteiger partial charge in [0.2, 0.25) is 11.8 Å². The largest absolute Gasteiger partial charge is 0.465 e. The Kier molecular flexibility index (Phi) is 8.55. The molecular weight excluding hydrogens is 476 g/mol. The fourth-order valence-electron chi connectivity index (χ4n) is 6.60. The number of amides is 2. The van der Waals surface area contributed by atoms with Crippen molar-refractivity contribution in [2.45, 2.75) is 93.7 Å². The van der Waals surface area contributed by atoms with Crippen LogP contribution >= 0.6 is 11.8 Å². The molecule has 0 aromatic carbocycles. The first-order chi connectivity index (χ1) is 17.3. The molecule has 1 spiro atoms. The summed E-state index contributed by atoms with van der Waals surface area (Å²) in [4.78, 5) is 45.7. The third-order valence-corrected chi connectivity index (χ3v) is 10.1. The summed E-state index contributed by atoms with van der Waals surface area (Å²) >= 11 is 1.61. The van der Waals surface area contributed by atoms with E-state index < -0.39 is 27.4 Å². The zero-order valence-corrected chi connectivity index (χ0v) is 22.8. The quantitative estimate of drug-likeness (QED) is 0.300. The van der Waals surface area contributed by atoms with Crippen LogP contribution < -0.4 is 0 Å². The summed E-state index contributed by atoms with van der Waals surface area (Å²) in [6.07, 6.45) is 15.1. The van der Waals surface area contributed by atoms with Crippen LogP contribution in [-0.2, 0) is 19.1 Å². The molecule has 4 heterocycles. The lowest BCUT2D eigenvalue weighted by Gasteiger charge is -2.38. The van der Waals surface area contributed by atoms with Gasteiger partial charge in [-0.1, -0.05) is 37.6 Å². The molecule has 2 amide bonds. The summed E-state index contributed by atoms with van der Waals surface area (Å²) in [7, 11) is 0. The van der Waals surface area contributed by atoms with Gasteiger partial charge < -0.3 is 19.6 Å². The number of cyclic esters (lactones) is 1. The molecule has 4 aliphatic rings. The minimum atomic E-state index is -0.817. The summed E-state index contributed by atoms with van der Waals surface area (Å²) in [6, 6.07) is -0.580. The number of allylic oxidation sites excluding steroid dienone is 1. The van der Waals surface area contributed by atoms with Crippen molar-refractivity contribution in [2.75, 3.05) is 26.3 Å². The standard InChI is InChI=1S/C28H42N2O5S/c1-4-13-20(2)29-17-12-15-28-21(24(32)30(23(28)25(29)33)16-9-7-10-18-31)22-26(34)35-19-11-6-5-8-14-27(22,3)36-28/h8,12,14-15,20-23,31H,4-7,9-11,13,16-19H2,1-3H3/b14-8-/t20?,21-,22-,23?,27+,28-/m0/s1. The number of carbonyl (C=O) groups is 3. The normalized spacial score (nSPS) is 36.1. The van der Waals surface area contributed by atoms with Crippen molar-refractivity contribution < 1.29 is 24.2 Å². The second-order valence-corrected chi connectivity index (χ2v) is 12.7. The number of unbranched alkanes of at least 4 members (excludes halogenated alkanes) is 2. The smallest absolute Gasteiger partial charge is 0.311 e. The van der Waals surface area contributed by atoms with Crippen LogP contribution in [0.15, 0.2) is 24.3 Å². The fraction of sp³-hybridized carbons (Fsp3) is 0.750. The first kappa shape index (κ1) is 27.2. The molecule has 0 radical (unpaired) electrons. The number of fused-ring (bicyclic) bond motifs is 2. The molecule has 4 rings (SSSR count). The average Bonchev–Trinajstić information content (AvgIpc) is 3.16. The number of hydrogen-bond acceptors (Lipinski definition) is 6. The highest BCUT2D eigenvalue weighted by Gasteiger charge is 2.73. The molecule has 2 unspecified atom stereocenters. The number of aliphatic hydroxyl groups is 1. The average molecular weight is 519 g/mol. The molecule has 6 atom stereocenters. The minimum Gasteiger partial charge on any atom is -0.465 e. The van der Waals surface area contributed by atoms with E-state index in [1.807, 2.05) is 17.9 Å². The highest BCUT2D eigenvalue weighted by molar-refractivity contribution is 8.02. The number of nitrogens with zero attached hydrogens (tertiary/aromatic N) is 2. The maximum atomic E-state index is 14.3. The minimum absolute atomic E-state index is 0.0175. The van der Waals surface area contributed by atoms with Crippen LogP contribution in [0.5, 0.6) is 0 Å². The van der Waals surface area contributed by atoms with Crippen molar-refractivity contribution in [1.29, 1.82) is 0 Å². The molecule has 0 aliphatic carbocycles. The highest BCUT2D eigenvalue weighted by Crippen LogP contribution is 2.65. The van der Waals surface area contributed by atoms with E-state index in [0.717, 1.165) is 38.5 Å². The van der Waals surface area contributed by atoms with Gasteiger partial charge in [0.1, 0.15) is 6.04 Å². The number of carbonyl (C=O) groups excluding carboxylic acids is 3. The Labute approximate surface area is 219 Å². The highest BCUT2D eigenvalue weighted by atomic mass is 32.2. The zero-order valence-electron chi connectivity index (χ0n) is 22.0. The van der Waals surface area contributed by atoms with Gasteiger partial charge in [-0.05, 0) is 58.8 Å². The van der Waals surface area contributed by atoms with Crippen LogP contribution in [0.25, 0.3) is 0 Å². The number of likely N-dealkylation sites (tertiary alicyclic amines) is 1. The third-order valence-electron chi connectivity index (χ3n) is 8.33. The molecule has 7 nitrogen and oxygen atoms in total. The van der Waals surface area contributed by atoms with Crippen LogP contribution in [0.2, 0.25) is 0 Å². The van der Waals surface area contributed by atoms with Gasteiger partial charge in [-0.3, -0.25) is 14.4 Å². The summed E-state index contributed by atoms with van der Waals surface area (Å²) < 4.78 is 4.27. The summed E-state index contributed by atoms with van der Waals surface area (Å²) in [6.45, 7) is 7.67. The zero-order chi connectivity index (χ0) is 25.9. The topological polar surface area (TPSA) is 87.2 Å². The van der Waals surface area contributed by atoms with Crippen LogP contribution in [0.3, 0.4) is 0 Å². The Balaban J connectivity index is 1.78. The van der Waals surface area contributed by atoms with Gasteiger partial charge in [0, 0.05) is 30.5 Å². The van der Waals surface area contributed by atoms with Crippen molar-refractivity contribution >= 4 is 29.5 Å². The molecular formula is C28H42N2O5S. The molecule has 2 saturated heterocycles. The molecule has 2 fully saturated rings. The summed E-state index contributed by atoms with van der Waals surface area (Å²) in [5, 5.41) is 9.22. The number of aliphatic hydroxyl groups excluding tert-OH is 1. The first-order valence-corrected chi connectivity index (χ1v) is 14.6. The van der Waals surface area contributed by atoms with Gasteiger partial charge in [-0.25, -0.2) is 0 Å². The Morgan fingerprint density at radius 2 is 1.92 bits per heavy atom. The molecule has 0 aromatic heterocycles. The number of rotatable bonds is 8. The van der Waals surface area contributed by atoms with Crippen molar-refractivity contribution in [2.24, 2.45) is 11.8 Å². The molecule has 0 bridgehead atoms. The van der Waals surface area contributed by atoms with E-state index in [9.17, 15) is 19.5 Å². The number of hydrogen-bond donors (Lipinski definition) is 1. The Hall–Kier alpha value is -1.80. The van der Waals surface area contributed by atoms with Crippen molar-refractivity contribution in [3.05, 3.63) is 24.3 Å². The second kappa shape index (κ2) is 11.3. The van der Waals surface area contributed by atoms with Gasteiger partial charge in [0.15, 0.2) is 0 Å². The SMILES string of the molecule is CCCC(C)N1CC=C[C@]23S[C@]4(C)/C=C\CCCCOC(=O)[C@@H]4[C@H]2C(=O)N(CCCCCO)C3C1=O. The van der Waals surface area contributed by atoms with Gasteiger partial charge in [0.25, 0.3) is 0 Å². The van der Waals surface area contributed by atoms with Gasteiger partial charge in [-0.2, -0.15) is 0 Å². The lowest BCUT2D eigenvalue weighted by Crippen LogP contribution is -2.55. The van der Waals surface area contributed by atoms with E-state index >= 15 is 0 Å². The van der Waals surface area contributed by atoms with Gasteiger partial charge >= 0.3 is 5.97 Å². The van der Waals surface area contributed by atoms with Crippen LogP contribution in [0.4, 0.5) is 0 Å². The Morgan fingerprint density at radius 1 is 1.11 bits per heavy atom. The molecule has 4 aliphatic heterocycles. The molecule has 8 heteroatoms. The molecule has 0 saturated carbocycles. The van der Waals surface area contributed by atoms with E-state index in [-0.39, 0.29) is 30.4 Å². The summed E-state index contributed by atoms with van der Waals surface area (Å²) in [5.74, 6) is -1.75. The maximum Gasteiger partial charge on any atom is 0.311 e. The van der Waals surface area contributed by atoms with Crippen LogP contribution in [-0.4, -0.2) is 80.6 Å². The molecule has 36 heavy (non-hydrogen) atoms. The maximum absolute atomic E-state index is 14.3. The number of esters is 1. The predicted molar refractivity (Wildman–Crippen MR) is 141 cm³/mol.